The minimum atomic E-state index is -0.736. The van der Waals surface area contributed by atoms with Gasteiger partial charge < -0.3 is 14.6 Å². The maximum atomic E-state index is 10.9. The van der Waals surface area contributed by atoms with Crippen molar-refractivity contribution in [3.63, 3.8) is 0 Å². The fraction of sp³-hybridized carbons (Fsp3) is 0.500. The van der Waals surface area contributed by atoms with Gasteiger partial charge in [-0.25, -0.2) is 0 Å². The predicted molar refractivity (Wildman–Crippen MR) is 65.3 cm³/mol. The number of aryl methyl sites for hydroxylation is 1. The van der Waals surface area contributed by atoms with Crippen LogP contribution in [0.15, 0.2) is 12.1 Å². The Labute approximate surface area is 106 Å². The van der Waals surface area contributed by atoms with Crippen LogP contribution in [0.1, 0.15) is 30.4 Å². The molecule has 0 unspecified atom stereocenters. The maximum absolute atomic E-state index is 10.9. The molecule has 1 aromatic rings. The lowest BCUT2D eigenvalue weighted by molar-refractivity contribution is -0.137. The zero-order valence-electron chi connectivity index (χ0n) is 10.4. The van der Waals surface area contributed by atoms with Crippen LogP contribution in [-0.4, -0.2) is 24.3 Å². The van der Waals surface area contributed by atoms with Crippen LogP contribution in [0.5, 0.6) is 11.5 Å². The Balaban J connectivity index is 1.98. The Kier molecular flexibility index (Phi) is 2.47. The molecule has 1 aromatic carbocycles. The molecule has 1 heterocycles. The van der Waals surface area contributed by atoms with Gasteiger partial charge in [-0.05, 0) is 37.0 Å². The van der Waals surface area contributed by atoms with Gasteiger partial charge in [-0.2, -0.15) is 0 Å². The summed E-state index contributed by atoms with van der Waals surface area (Å²) in [5.41, 5.74) is 1.93. The van der Waals surface area contributed by atoms with Crippen molar-refractivity contribution >= 4 is 5.97 Å². The third-order valence-electron chi connectivity index (χ3n) is 3.78. The van der Waals surface area contributed by atoms with Crippen molar-refractivity contribution in [2.75, 3.05) is 13.2 Å². The smallest absolute Gasteiger partial charge is 0.304 e. The number of aliphatic carboxylic acids is 1. The Morgan fingerprint density at radius 1 is 1.33 bits per heavy atom. The van der Waals surface area contributed by atoms with Gasteiger partial charge in [0.2, 0.25) is 0 Å². The summed E-state index contributed by atoms with van der Waals surface area (Å²) in [5.74, 6) is 0.823. The normalized spacial score (nSPS) is 19.4. The number of benzene rings is 1. The number of rotatable bonds is 3. The van der Waals surface area contributed by atoms with Crippen molar-refractivity contribution in [1.29, 1.82) is 0 Å². The van der Waals surface area contributed by atoms with Crippen molar-refractivity contribution in [3.05, 3.63) is 23.3 Å². The first kappa shape index (κ1) is 11.4. The molecule has 2 aliphatic rings. The monoisotopic (exact) mass is 248 g/mol. The molecular formula is C14H16O4. The molecule has 0 bridgehead atoms. The van der Waals surface area contributed by atoms with E-state index in [9.17, 15) is 4.79 Å². The zero-order valence-corrected chi connectivity index (χ0v) is 10.4. The van der Waals surface area contributed by atoms with Crippen LogP contribution in [0, 0.1) is 6.92 Å². The minimum Gasteiger partial charge on any atom is -0.486 e. The zero-order chi connectivity index (χ0) is 12.8. The first-order valence-corrected chi connectivity index (χ1v) is 6.23. The van der Waals surface area contributed by atoms with Gasteiger partial charge in [0.1, 0.15) is 13.2 Å². The molecule has 1 saturated carbocycles. The van der Waals surface area contributed by atoms with E-state index in [0.717, 1.165) is 35.5 Å². The molecule has 1 fully saturated rings. The lowest BCUT2D eigenvalue weighted by Crippen LogP contribution is -2.18. The van der Waals surface area contributed by atoms with E-state index in [1.165, 1.54) is 0 Å². The third-order valence-corrected chi connectivity index (χ3v) is 3.78. The molecule has 1 N–H and O–H groups in total. The van der Waals surface area contributed by atoms with Gasteiger partial charge in [-0.1, -0.05) is 6.07 Å². The van der Waals surface area contributed by atoms with E-state index in [0.29, 0.717) is 13.2 Å². The summed E-state index contributed by atoms with van der Waals surface area (Å²) in [7, 11) is 0. The van der Waals surface area contributed by atoms with E-state index >= 15 is 0 Å². The predicted octanol–water partition coefficient (Wildman–Crippen LogP) is 2.27. The van der Waals surface area contributed by atoms with E-state index in [1.807, 2.05) is 19.1 Å². The van der Waals surface area contributed by atoms with Crippen molar-refractivity contribution in [2.45, 2.75) is 31.6 Å². The van der Waals surface area contributed by atoms with E-state index < -0.39 is 5.97 Å². The van der Waals surface area contributed by atoms with Gasteiger partial charge >= 0.3 is 5.97 Å². The SMILES string of the molecule is Cc1cc(C2(CC(=O)O)CC2)cc2c1OCCO2. The fourth-order valence-electron chi connectivity index (χ4n) is 2.64. The van der Waals surface area contributed by atoms with Crippen molar-refractivity contribution in [1.82, 2.24) is 0 Å². The Bertz CT molecular complexity index is 503. The molecule has 0 radical (unpaired) electrons. The average molecular weight is 248 g/mol. The summed E-state index contributed by atoms with van der Waals surface area (Å²) in [6, 6.07) is 4.00. The highest BCUT2D eigenvalue weighted by atomic mass is 16.6. The molecule has 0 spiro atoms. The maximum Gasteiger partial charge on any atom is 0.304 e. The van der Waals surface area contributed by atoms with Crippen LogP contribution in [0.4, 0.5) is 0 Å². The molecule has 4 heteroatoms. The Morgan fingerprint density at radius 3 is 2.72 bits per heavy atom. The molecule has 0 aromatic heterocycles. The molecule has 0 saturated heterocycles. The summed E-state index contributed by atoms with van der Waals surface area (Å²) in [6.07, 6.45) is 2.09. The molecular weight excluding hydrogens is 232 g/mol. The summed E-state index contributed by atoms with van der Waals surface area (Å²) in [5, 5.41) is 9.00. The second kappa shape index (κ2) is 3.90. The number of fused-ring (bicyclic) bond motifs is 1. The van der Waals surface area contributed by atoms with Crippen molar-refractivity contribution in [3.8, 4) is 11.5 Å². The molecule has 96 valence electrons. The number of carboxylic acids is 1. The van der Waals surface area contributed by atoms with E-state index in [2.05, 4.69) is 0 Å². The standard InChI is InChI=1S/C14H16O4/c1-9-6-10(14(2-3-14)8-12(15)16)7-11-13(9)18-5-4-17-11/h6-7H,2-5,8H2,1H3,(H,15,16). The largest absolute Gasteiger partial charge is 0.486 e. The van der Waals surface area contributed by atoms with Crippen LogP contribution >= 0.6 is 0 Å². The average Bonchev–Trinajstić information content (AvgIpc) is 3.09. The molecule has 18 heavy (non-hydrogen) atoms. The minimum absolute atomic E-state index is 0.174. The van der Waals surface area contributed by atoms with Crippen molar-refractivity contribution in [2.24, 2.45) is 0 Å². The van der Waals surface area contributed by atoms with Crippen LogP contribution in [-0.2, 0) is 10.2 Å². The van der Waals surface area contributed by atoms with E-state index in [-0.39, 0.29) is 11.8 Å². The van der Waals surface area contributed by atoms with Crippen LogP contribution in [0.2, 0.25) is 0 Å². The first-order chi connectivity index (χ1) is 8.61. The third kappa shape index (κ3) is 1.82. The fourth-order valence-corrected chi connectivity index (χ4v) is 2.64. The highest BCUT2D eigenvalue weighted by Gasteiger charge is 2.46. The number of ether oxygens (including phenoxy) is 2. The second-order valence-electron chi connectivity index (χ2n) is 5.17. The van der Waals surface area contributed by atoms with E-state index in [1.54, 1.807) is 0 Å². The number of hydrogen-bond acceptors (Lipinski definition) is 3. The van der Waals surface area contributed by atoms with Crippen molar-refractivity contribution < 1.29 is 19.4 Å². The Hall–Kier alpha value is -1.71. The summed E-state index contributed by atoms with van der Waals surface area (Å²) in [4.78, 5) is 10.9. The lowest BCUT2D eigenvalue weighted by atomic mass is 9.90. The van der Waals surface area contributed by atoms with Crippen LogP contribution in [0.25, 0.3) is 0 Å². The Morgan fingerprint density at radius 2 is 2.06 bits per heavy atom. The molecule has 1 aliphatic carbocycles. The summed E-state index contributed by atoms with van der Waals surface area (Å²) in [6.45, 7) is 3.11. The van der Waals surface area contributed by atoms with Gasteiger partial charge in [0, 0.05) is 5.41 Å². The molecule has 4 nitrogen and oxygen atoms in total. The van der Waals surface area contributed by atoms with Crippen LogP contribution < -0.4 is 9.47 Å². The van der Waals surface area contributed by atoms with Gasteiger partial charge in [0.15, 0.2) is 11.5 Å². The highest BCUT2D eigenvalue weighted by molar-refractivity contribution is 5.70. The number of hydrogen-bond donors (Lipinski definition) is 1. The molecule has 0 amide bonds. The summed E-state index contributed by atoms with van der Waals surface area (Å²) < 4.78 is 11.2. The van der Waals surface area contributed by atoms with Gasteiger partial charge in [0.05, 0.1) is 6.42 Å². The van der Waals surface area contributed by atoms with Gasteiger partial charge in [-0.15, -0.1) is 0 Å². The molecule has 3 rings (SSSR count). The molecule has 0 atom stereocenters. The topological polar surface area (TPSA) is 55.8 Å². The second-order valence-corrected chi connectivity index (χ2v) is 5.17. The number of carbonyl (C=O) groups is 1. The first-order valence-electron chi connectivity index (χ1n) is 6.23. The lowest BCUT2D eigenvalue weighted by Gasteiger charge is -2.23. The highest BCUT2D eigenvalue weighted by Crippen LogP contribution is 2.53. The summed E-state index contributed by atoms with van der Waals surface area (Å²) >= 11 is 0. The number of carboxylic acid groups (broad SMARTS) is 1. The quantitative estimate of drug-likeness (QED) is 0.891. The van der Waals surface area contributed by atoms with Crippen LogP contribution in [0.3, 0.4) is 0 Å². The van der Waals surface area contributed by atoms with Gasteiger partial charge in [0.25, 0.3) is 0 Å². The van der Waals surface area contributed by atoms with E-state index in [4.69, 9.17) is 14.6 Å². The molecule has 1 aliphatic heterocycles. The van der Waals surface area contributed by atoms with Gasteiger partial charge in [-0.3, -0.25) is 4.79 Å².